The number of aryl methyl sites for hydroxylation is 1. The summed E-state index contributed by atoms with van der Waals surface area (Å²) in [5.74, 6) is -0.409. The molecule has 2 rings (SSSR count). The molecule has 1 aromatic heterocycles. The number of nitrogen functional groups attached to an aromatic ring is 1. The summed E-state index contributed by atoms with van der Waals surface area (Å²) in [6.07, 6.45) is 0. The van der Waals surface area contributed by atoms with Gasteiger partial charge in [0, 0.05) is 6.92 Å². The highest BCUT2D eigenvalue weighted by atomic mass is 32.2. The monoisotopic (exact) mass is 312 g/mol. The molecule has 0 spiro atoms. The van der Waals surface area contributed by atoms with Crippen LogP contribution in [0.2, 0.25) is 0 Å². The van der Waals surface area contributed by atoms with E-state index < -0.39 is 16.0 Å². The topological polar surface area (TPSA) is 137 Å². The Morgan fingerprint density at radius 1 is 1.38 bits per heavy atom. The van der Waals surface area contributed by atoms with Gasteiger partial charge in [0.1, 0.15) is 4.90 Å². The standard InChI is InChI=1S/C11H12N4O5S/c1-6-13-14-11(20-6)15-21(17,18)9-4-3-7(5-8(9)12)10(16)19-2/h3-5H,12H2,1-2H3,(H,14,15). The summed E-state index contributed by atoms with van der Waals surface area (Å²) in [5.41, 5.74) is 5.70. The van der Waals surface area contributed by atoms with Crippen LogP contribution in [0.4, 0.5) is 11.7 Å². The van der Waals surface area contributed by atoms with Gasteiger partial charge in [-0.3, -0.25) is 0 Å². The van der Waals surface area contributed by atoms with Gasteiger partial charge in [0.05, 0.1) is 18.4 Å². The maximum absolute atomic E-state index is 12.1. The lowest BCUT2D eigenvalue weighted by Gasteiger charge is -2.08. The fourth-order valence-electron chi connectivity index (χ4n) is 1.55. The molecular weight excluding hydrogens is 300 g/mol. The fraction of sp³-hybridized carbons (Fsp3) is 0.182. The van der Waals surface area contributed by atoms with Crippen LogP contribution in [0.3, 0.4) is 0 Å². The number of anilines is 2. The van der Waals surface area contributed by atoms with Gasteiger partial charge in [0.25, 0.3) is 10.0 Å². The number of aromatic nitrogens is 2. The first-order valence-electron chi connectivity index (χ1n) is 5.64. The van der Waals surface area contributed by atoms with Crippen LogP contribution in [0.25, 0.3) is 0 Å². The van der Waals surface area contributed by atoms with Gasteiger partial charge >= 0.3 is 12.0 Å². The second-order valence-corrected chi connectivity index (χ2v) is 5.63. The molecule has 0 aliphatic carbocycles. The van der Waals surface area contributed by atoms with Crippen molar-refractivity contribution in [3.05, 3.63) is 29.7 Å². The van der Waals surface area contributed by atoms with Gasteiger partial charge in [-0.1, -0.05) is 5.10 Å². The summed E-state index contributed by atoms with van der Waals surface area (Å²) in [5, 5.41) is 7.02. The lowest BCUT2D eigenvalue weighted by molar-refractivity contribution is 0.0600. The van der Waals surface area contributed by atoms with E-state index in [1.807, 2.05) is 0 Å². The molecule has 0 bridgehead atoms. The molecular formula is C11H12N4O5S. The van der Waals surface area contributed by atoms with Crippen molar-refractivity contribution in [2.75, 3.05) is 17.6 Å². The number of carbonyl (C=O) groups is 1. The summed E-state index contributed by atoms with van der Waals surface area (Å²) < 4.78 is 35.8. The molecule has 0 aliphatic heterocycles. The average Bonchev–Trinajstić information content (AvgIpc) is 2.81. The van der Waals surface area contributed by atoms with Crippen molar-refractivity contribution >= 4 is 27.7 Å². The van der Waals surface area contributed by atoms with Crippen LogP contribution in [0.5, 0.6) is 0 Å². The normalized spacial score (nSPS) is 11.1. The number of methoxy groups -OCH3 is 1. The Balaban J connectivity index is 2.34. The minimum atomic E-state index is -4.00. The van der Waals surface area contributed by atoms with E-state index in [1.165, 1.54) is 32.2 Å². The molecule has 0 atom stereocenters. The quantitative estimate of drug-likeness (QED) is 0.616. The van der Waals surface area contributed by atoms with Crippen LogP contribution in [0, 0.1) is 6.92 Å². The molecule has 1 heterocycles. The van der Waals surface area contributed by atoms with E-state index in [-0.39, 0.29) is 28.1 Å². The highest BCUT2D eigenvalue weighted by molar-refractivity contribution is 7.92. The van der Waals surface area contributed by atoms with Crippen molar-refractivity contribution in [3.63, 3.8) is 0 Å². The average molecular weight is 312 g/mol. The second kappa shape index (κ2) is 5.40. The maximum atomic E-state index is 12.1. The molecule has 21 heavy (non-hydrogen) atoms. The number of nitrogens with two attached hydrogens (primary N) is 1. The number of hydrogen-bond acceptors (Lipinski definition) is 8. The molecule has 9 nitrogen and oxygen atoms in total. The minimum absolute atomic E-state index is 0.110. The largest absolute Gasteiger partial charge is 0.465 e. The van der Waals surface area contributed by atoms with Crippen LogP contribution in [0.15, 0.2) is 27.5 Å². The Labute approximate surface area is 120 Å². The van der Waals surface area contributed by atoms with Gasteiger partial charge in [0.2, 0.25) is 5.89 Å². The van der Waals surface area contributed by atoms with E-state index in [0.29, 0.717) is 0 Å². The third-order valence-electron chi connectivity index (χ3n) is 2.47. The number of ether oxygens (including phenoxy) is 1. The molecule has 0 aliphatic rings. The number of sulfonamides is 1. The van der Waals surface area contributed by atoms with Crippen LogP contribution < -0.4 is 10.5 Å². The van der Waals surface area contributed by atoms with Crippen LogP contribution >= 0.6 is 0 Å². The van der Waals surface area contributed by atoms with Gasteiger partial charge in [-0.25, -0.2) is 17.9 Å². The van der Waals surface area contributed by atoms with Gasteiger partial charge in [-0.15, -0.1) is 5.10 Å². The highest BCUT2D eigenvalue weighted by Gasteiger charge is 2.21. The van der Waals surface area contributed by atoms with Crippen LogP contribution in [-0.2, 0) is 14.8 Å². The lowest BCUT2D eigenvalue weighted by atomic mass is 10.2. The number of esters is 1. The van der Waals surface area contributed by atoms with Crippen molar-refractivity contribution in [2.24, 2.45) is 0 Å². The Morgan fingerprint density at radius 3 is 2.62 bits per heavy atom. The number of carbonyl (C=O) groups excluding carboxylic acids is 1. The molecule has 0 unspecified atom stereocenters. The highest BCUT2D eigenvalue weighted by Crippen LogP contribution is 2.22. The first-order valence-corrected chi connectivity index (χ1v) is 7.12. The summed E-state index contributed by atoms with van der Waals surface area (Å²) in [6, 6.07) is 3.41. The Hall–Kier alpha value is -2.62. The zero-order valence-corrected chi connectivity index (χ0v) is 12.0. The molecule has 0 saturated carbocycles. The van der Waals surface area contributed by atoms with E-state index >= 15 is 0 Å². The molecule has 0 saturated heterocycles. The first-order chi connectivity index (χ1) is 9.83. The van der Waals surface area contributed by atoms with E-state index in [0.717, 1.165) is 0 Å². The van der Waals surface area contributed by atoms with Crippen molar-refractivity contribution < 1.29 is 22.4 Å². The van der Waals surface area contributed by atoms with Crippen molar-refractivity contribution in [1.29, 1.82) is 0 Å². The first kappa shape index (κ1) is 14.8. The van der Waals surface area contributed by atoms with Gasteiger partial charge in [0.15, 0.2) is 0 Å². The maximum Gasteiger partial charge on any atom is 0.337 e. The molecule has 10 heteroatoms. The molecule has 0 radical (unpaired) electrons. The number of hydrogen-bond donors (Lipinski definition) is 2. The smallest absolute Gasteiger partial charge is 0.337 e. The van der Waals surface area contributed by atoms with E-state index in [9.17, 15) is 13.2 Å². The predicted molar refractivity (Wildman–Crippen MR) is 72.0 cm³/mol. The van der Waals surface area contributed by atoms with Crippen LogP contribution in [-0.4, -0.2) is 31.7 Å². The second-order valence-electron chi connectivity index (χ2n) is 3.98. The number of nitrogens with one attached hydrogen (secondary N) is 1. The van der Waals surface area contributed by atoms with Crippen molar-refractivity contribution in [2.45, 2.75) is 11.8 Å². The summed E-state index contributed by atoms with van der Waals surface area (Å²) >= 11 is 0. The summed E-state index contributed by atoms with van der Waals surface area (Å²) in [4.78, 5) is 11.1. The summed E-state index contributed by atoms with van der Waals surface area (Å²) in [6.45, 7) is 1.52. The Morgan fingerprint density at radius 2 is 2.10 bits per heavy atom. The van der Waals surface area contributed by atoms with E-state index in [1.54, 1.807) is 0 Å². The molecule has 0 amide bonds. The lowest BCUT2D eigenvalue weighted by Crippen LogP contribution is -2.15. The summed E-state index contributed by atoms with van der Waals surface area (Å²) in [7, 11) is -2.79. The Kier molecular flexibility index (Phi) is 3.80. The number of rotatable bonds is 4. The van der Waals surface area contributed by atoms with Crippen molar-refractivity contribution in [1.82, 2.24) is 10.2 Å². The predicted octanol–water partition coefficient (Wildman–Crippen LogP) is 0.548. The molecule has 112 valence electrons. The third-order valence-corrected chi connectivity index (χ3v) is 3.86. The third kappa shape index (κ3) is 3.11. The number of nitrogens with zero attached hydrogens (tertiary/aromatic N) is 2. The fourth-order valence-corrected chi connectivity index (χ4v) is 2.58. The zero-order chi connectivity index (χ0) is 15.6. The number of benzene rings is 1. The SMILES string of the molecule is COC(=O)c1ccc(S(=O)(=O)Nc2nnc(C)o2)c(N)c1. The van der Waals surface area contributed by atoms with Gasteiger partial charge in [-0.05, 0) is 18.2 Å². The van der Waals surface area contributed by atoms with E-state index in [2.05, 4.69) is 19.7 Å². The minimum Gasteiger partial charge on any atom is -0.465 e. The van der Waals surface area contributed by atoms with Crippen molar-refractivity contribution in [3.8, 4) is 0 Å². The zero-order valence-electron chi connectivity index (χ0n) is 11.2. The van der Waals surface area contributed by atoms with Crippen LogP contribution in [0.1, 0.15) is 16.2 Å². The van der Waals surface area contributed by atoms with E-state index in [4.69, 9.17) is 10.2 Å². The molecule has 2 aromatic rings. The molecule has 1 aromatic carbocycles. The van der Waals surface area contributed by atoms with Gasteiger partial charge in [-0.2, -0.15) is 0 Å². The molecule has 0 fully saturated rings. The Bertz CT molecular complexity index is 784. The van der Waals surface area contributed by atoms with Gasteiger partial charge < -0.3 is 14.9 Å². The molecule has 3 N–H and O–H groups in total.